The van der Waals surface area contributed by atoms with Crippen LogP contribution in [-0.4, -0.2) is 67.2 Å². The molecule has 2 fully saturated rings. The van der Waals surface area contributed by atoms with Crippen molar-refractivity contribution in [1.29, 1.82) is 0 Å². The number of aliphatic hydroxyl groups excluding tert-OH is 1. The Morgan fingerprint density at radius 1 is 1.10 bits per heavy atom. The second kappa shape index (κ2) is 7.40. The normalized spacial score (nSPS) is 21.4. The number of anilines is 3. The van der Waals surface area contributed by atoms with Crippen molar-refractivity contribution in [2.24, 2.45) is 0 Å². The van der Waals surface area contributed by atoms with Gasteiger partial charge in [0.05, 0.1) is 30.5 Å². The third-order valence-corrected chi connectivity index (χ3v) is 6.00. The lowest BCUT2D eigenvalue weighted by Gasteiger charge is -2.15. The van der Waals surface area contributed by atoms with E-state index in [0.29, 0.717) is 24.9 Å². The molecule has 6 rings (SSSR count). The van der Waals surface area contributed by atoms with Crippen molar-refractivity contribution in [3.8, 4) is 0 Å². The third kappa shape index (κ3) is 3.24. The highest BCUT2D eigenvalue weighted by Crippen LogP contribution is 2.33. The first-order valence-corrected chi connectivity index (χ1v) is 10.5. The fourth-order valence-corrected chi connectivity index (χ4v) is 4.45. The van der Waals surface area contributed by atoms with E-state index in [4.69, 9.17) is 9.72 Å². The molecule has 10 nitrogen and oxygen atoms in total. The van der Waals surface area contributed by atoms with E-state index >= 15 is 0 Å². The smallest absolute Gasteiger partial charge is 0.230 e. The van der Waals surface area contributed by atoms with Crippen LogP contribution in [0.4, 0.5) is 17.6 Å². The van der Waals surface area contributed by atoms with Crippen molar-refractivity contribution in [2.75, 3.05) is 36.5 Å². The summed E-state index contributed by atoms with van der Waals surface area (Å²) in [6.07, 6.45) is 6.91. The molecule has 0 bridgehead atoms. The molecule has 10 heteroatoms. The van der Waals surface area contributed by atoms with Crippen LogP contribution >= 0.6 is 0 Å². The average Bonchev–Trinajstić information content (AvgIpc) is 3.53. The summed E-state index contributed by atoms with van der Waals surface area (Å²) in [4.78, 5) is 15.7. The van der Waals surface area contributed by atoms with Gasteiger partial charge in [-0.15, -0.1) is 10.2 Å². The molecule has 0 aromatic carbocycles. The number of aromatic nitrogens is 6. The monoisotopic (exact) mass is 418 g/mol. The molecule has 0 radical (unpaired) electrons. The maximum atomic E-state index is 9.72. The summed E-state index contributed by atoms with van der Waals surface area (Å²) in [6, 6.07) is 5.97. The molecule has 6 heterocycles. The molecule has 2 N–H and O–H groups in total. The fourth-order valence-electron chi connectivity index (χ4n) is 4.45. The minimum absolute atomic E-state index is 0.224. The van der Waals surface area contributed by atoms with Gasteiger partial charge in [0.15, 0.2) is 11.6 Å². The molecular formula is C21H22N8O2. The van der Waals surface area contributed by atoms with E-state index in [0.717, 1.165) is 53.7 Å². The van der Waals surface area contributed by atoms with Gasteiger partial charge >= 0.3 is 0 Å². The SMILES string of the molecule is O[C@@H]1CCN(c2ccc(Nc3ncc4c5ccncc5n([C@H]5CCOC5)c4n3)nn2)C1. The third-order valence-electron chi connectivity index (χ3n) is 6.00. The first-order valence-electron chi connectivity index (χ1n) is 10.5. The molecule has 0 saturated carbocycles. The predicted octanol–water partition coefficient (Wildman–Crippen LogP) is 2.05. The second-order valence-corrected chi connectivity index (χ2v) is 8.00. The summed E-state index contributed by atoms with van der Waals surface area (Å²) in [6.45, 7) is 2.79. The molecule has 2 aliphatic rings. The highest BCUT2D eigenvalue weighted by Gasteiger charge is 2.24. The van der Waals surface area contributed by atoms with Crippen LogP contribution in [0.1, 0.15) is 18.9 Å². The maximum Gasteiger partial charge on any atom is 0.230 e. The van der Waals surface area contributed by atoms with E-state index in [-0.39, 0.29) is 12.1 Å². The van der Waals surface area contributed by atoms with Gasteiger partial charge in [-0.2, -0.15) is 4.98 Å². The first-order chi connectivity index (χ1) is 15.3. The summed E-state index contributed by atoms with van der Waals surface area (Å²) in [5.74, 6) is 1.78. The molecule has 0 amide bonds. The Morgan fingerprint density at radius 2 is 2.06 bits per heavy atom. The standard InChI is InChI=1S/C21H22N8O2/c30-14-4-7-28(11-14)19-2-1-18(26-27-19)24-21-23-9-16-15-3-6-22-10-17(15)29(20(16)25-21)13-5-8-31-12-13/h1-3,6,9-10,13-14,30H,4-5,7-8,11-12H2,(H,23,24,25,26)/t13-,14+/m0/s1. The summed E-state index contributed by atoms with van der Waals surface area (Å²) in [7, 11) is 0. The van der Waals surface area contributed by atoms with Gasteiger partial charge in [0.2, 0.25) is 5.95 Å². The largest absolute Gasteiger partial charge is 0.391 e. The van der Waals surface area contributed by atoms with Crippen LogP contribution in [0.5, 0.6) is 0 Å². The molecule has 0 unspecified atom stereocenters. The Balaban J connectivity index is 1.33. The molecule has 2 atom stereocenters. The van der Waals surface area contributed by atoms with E-state index in [2.05, 4.69) is 30.0 Å². The summed E-state index contributed by atoms with van der Waals surface area (Å²) >= 11 is 0. The molecule has 0 spiro atoms. The summed E-state index contributed by atoms with van der Waals surface area (Å²) < 4.78 is 7.84. The first kappa shape index (κ1) is 18.4. The lowest BCUT2D eigenvalue weighted by atomic mass is 10.2. The zero-order valence-corrected chi connectivity index (χ0v) is 16.8. The maximum absolute atomic E-state index is 9.72. The van der Waals surface area contributed by atoms with Crippen molar-refractivity contribution in [3.63, 3.8) is 0 Å². The highest BCUT2D eigenvalue weighted by atomic mass is 16.5. The number of β-amino-alcohol motifs (C(OH)–C–C–N with tert-alkyl or cyclic N) is 1. The van der Waals surface area contributed by atoms with Crippen LogP contribution < -0.4 is 10.2 Å². The number of hydrogen-bond donors (Lipinski definition) is 2. The van der Waals surface area contributed by atoms with E-state index in [1.54, 1.807) is 6.20 Å². The summed E-state index contributed by atoms with van der Waals surface area (Å²) in [5, 5.41) is 23.5. The molecule has 4 aromatic rings. The zero-order valence-electron chi connectivity index (χ0n) is 16.8. The Labute approximate surface area is 177 Å². The van der Waals surface area contributed by atoms with Crippen molar-refractivity contribution >= 4 is 39.5 Å². The number of ether oxygens (including phenoxy) is 1. The van der Waals surface area contributed by atoms with Gasteiger partial charge in [-0.1, -0.05) is 0 Å². The molecule has 31 heavy (non-hydrogen) atoms. The van der Waals surface area contributed by atoms with E-state index in [9.17, 15) is 5.11 Å². The quantitative estimate of drug-likeness (QED) is 0.514. The Kier molecular flexibility index (Phi) is 4.39. The van der Waals surface area contributed by atoms with Crippen LogP contribution in [-0.2, 0) is 4.74 Å². The molecule has 2 saturated heterocycles. The van der Waals surface area contributed by atoms with Gasteiger partial charge in [0, 0.05) is 42.9 Å². The summed E-state index contributed by atoms with van der Waals surface area (Å²) in [5.41, 5.74) is 1.89. The number of nitrogens with zero attached hydrogens (tertiary/aromatic N) is 7. The van der Waals surface area contributed by atoms with Crippen molar-refractivity contribution < 1.29 is 9.84 Å². The molecule has 4 aromatic heterocycles. The molecular weight excluding hydrogens is 396 g/mol. The number of pyridine rings is 1. The lowest BCUT2D eigenvalue weighted by Crippen LogP contribution is -2.22. The number of rotatable bonds is 4. The van der Waals surface area contributed by atoms with E-state index in [1.165, 1.54) is 0 Å². The number of aliphatic hydroxyl groups is 1. The van der Waals surface area contributed by atoms with Crippen LogP contribution in [0.3, 0.4) is 0 Å². The number of hydrogen-bond acceptors (Lipinski definition) is 9. The molecule has 0 aliphatic carbocycles. The van der Waals surface area contributed by atoms with Crippen LogP contribution in [0.25, 0.3) is 21.9 Å². The minimum Gasteiger partial charge on any atom is -0.391 e. The average molecular weight is 418 g/mol. The minimum atomic E-state index is -0.299. The zero-order chi connectivity index (χ0) is 20.8. The Bertz CT molecular complexity index is 1240. The van der Waals surface area contributed by atoms with Gasteiger partial charge < -0.3 is 24.6 Å². The van der Waals surface area contributed by atoms with E-state index in [1.807, 2.05) is 35.5 Å². The topological polar surface area (TPSA) is 114 Å². The number of fused-ring (bicyclic) bond motifs is 3. The molecule has 158 valence electrons. The van der Waals surface area contributed by atoms with Crippen molar-refractivity contribution in [1.82, 2.24) is 29.7 Å². The Hall–Kier alpha value is -3.37. The van der Waals surface area contributed by atoms with E-state index < -0.39 is 0 Å². The van der Waals surface area contributed by atoms with Crippen LogP contribution in [0.15, 0.2) is 36.8 Å². The van der Waals surface area contributed by atoms with Crippen LogP contribution in [0.2, 0.25) is 0 Å². The van der Waals surface area contributed by atoms with Gasteiger partial charge in [0.1, 0.15) is 5.65 Å². The van der Waals surface area contributed by atoms with Gasteiger partial charge in [0.25, 0.3) is 0 Å². The Morgan fingerprint density at radius 3 is 2.84 bits per heavy atom. The van der Waals surface area contributed by atoms with Crippen LogP contribution in [0, 0.1) is 0 Å². The number of nitrogens with one attached hydrogen (secondary N) is 1. The van der Waals surface area contributed by atoms with Gasteiger partial charge in [-0.05, 0) is 31.0 Å². The highest BCUT2D eigenvalue weighted by molar-refractivity contribution is 6.06. The fraction of sp³-hybridized carbons (Fsp3) is 0.381. The second-order valence-electron chi connectivity index (χ2n) is 8.00. The van der Waals surface area contributed by atoms with Gasteiger partial charge in [-0.25, -0.2) is 4.98 Å². The van der Waals surface area contributed by atoms with Crippen molar-refractivity contribution in [3.05, 3.63) is 36.8 Å². The lowest BCUT2D eigenvalue weighted by molar-refractivity contribution is 0.187. The van der Waals surface area contributed by atoms with Crippen molar-refractivity contribution in [2.45, 2.75) is 25.0 Å². The van der Waals surface area contributed by atoms with Gasteiger partial charge in [-0.3, -0.25) is 4.98 Å². The molecule has 2 aliphatic heterocycles. The predicted molar refractivity (Wildman–Crippen MR) is 115 cm³/mol.